The quantitative estimate of drug-likeness (QED) is 0.456. The van der Waals surface area contributed by atoms with Gasteiger partial charge in [0.2, 0.25) is 0 Å². The largest absolute Gasteiger partial charge is 0.218 e. The number of rotatable bonds is 2. The average Bonchev–Trinajstić information content (AvgIpc) is 1.41. The molecular formula is C3H9BS. The minimum Gasteiger partial charge on any atom is -0.218 e. The van der Waals surface area contributed by atoms with E-state index in [0.717, 1.165) is 0 Å². The first kappa shape index (κ1) is 5.41. The fraction of sp³-hybridized carbons (Fsp3) is 1.00. The average molecular weight is 88.0 g/mol. The van der Waals surface area contributed by atoms with E-state index in [1.165, 1.54) is 12.9 Å². The topological polar surface area (TPSA) is 0 Å². The van der Waals surface area contributed by atoms with E-state index in [0.29, 0.717) is 0 Å². The van der Waals surface area contributed by atoms with Crippen LogP contribution in [0.5, 0.6) is 0 Å². The van der Waals surface area contributed by atoms with E-state index < -0.39 is 0 Å². The van der Waals surface area contributed by atoms with Crippen LogP contribution in [0.1, 0.15) is 6.92 Å². The summed E-state index contributed by atoms with van der Waals surface area (Å²) in [5, 5.41) is 0. The van der Waals surface area contributed by atoms with Gasteiger partial charge in [0.25, 0.3) is 0 Å². The minimum atomic E-state index is 1.31. The summed E-state index contributed by atoms with van der Waals surface area (Å²) in [6, 6.07) is 0. The fourth-order valence-corrected chi connectivity index (χ4v) is 0.612. The predicted molar refractivity (Wildman–Crippen MR) is 31.1 cm³/mol. The third kappa shape index (κ3) is 4.41. The normalized spacial score (nSPS) is 7.60. The maximum atomic E-state index is 2.19. The molecule has 0 saturated carbocycles. The van der Waals surface area contributed by atoms with Gasteiger partial charge in [0.05, 0.1) is 0 Å². The van der Waals surface area contributed by atoms with E-state index >= 15 is 0 Å². The van der Waals surface area contributed by atoms with Crippen LogP contribution in [-0.4, -0.2) is 12.8 Å². The van der Waals surface area contributed by atoms with Gasteiger partial charge in [0, 0.05) is 0 Å². The third-order valence-corrected chi connectivity index (χ3v) is 1.22. The second-order valence-corrected chi connectivity index (χ2v) is 1.98. The molecule has 0 rings (SSSR count). The minimum absolute atomic E-state index is 1.31. The molecule has 0 saturated heterocycles. The zero-order valence-electron chi connectivity index (χ0n) is 3.82. The van der Waals surface area contributed by atoms with Crippen molar-refractivity contribution < 1.29 is 0 Å². The first-order valence-corrected chi connectivity index (χ1v) is 3.30. The summed E-state index contributed by atoms with van der Waals surface area (Å²) in [5.74, 6) is 0. The molecule has 0 unspecified atom stereocenters. The van der Waals surface area contributed by atoms with Crippen LogP contribution < -0.4 is 0 Å². The first-order valence-electron chi connectivity index (χ1n) is 1.90. The molecule has 0 heterocycles. The maximum absolute atomic E-state index is 2.19. The van der Waals surface area contributed by atoms with E-state index in [2.05, 4.69) is 13.2 Å². The molecule has 5 heavy (non-hydrogen) atoms. The van der Waals surface area contributed by atoms with Crippen LogP contribution in [0.2, 0.25) is 6.32 Å². The Hall–Kier alpha value is 0.415. The second kappa shape index (κ2) is 4.41. The lowest BCUT2D eigenvalue weighted by Crippen LogP contribution is -1.70. The van der Waals surface area contributed by atoms with Crippen molar-refractivity contribution in [1.29, 1.82) is 0 Å². The molecule has 0 aromatic carbocycles. The highest BCUT2D eigenvalue weighted by atomic mass is 32.2. The highest BCUT2D eigenvalue weighted by molar-refractivity contribution is 8.21. The van der Waals surface area contributed by atoms with Gasteiger partial charge in [0.15, 0.2) is 6.56 Å². The van der Waals surface area contributed by atoms with Crippen molar-refractivity contribution in [2.75, 3.05) is 6.26 Å². The van der Waals surface area contributed by atoms with Gasteiger partial charge in [-0.15, -0.1) is 0 Å². The molecule has 0 aliphatic carbocycles. The van der Waals surface area contributed by atoms with E-state index in [1.54, 1.807) is 0 Å². The zero-order chi connectivity index (χ0) is 4.12. The molecule has 0 fully saturated rings. The molecule has 0 bridgehead atoms. The van der Waals surface area contributed by atoms with E-state index in [1.807, 2.05) is 11.6 Å². The van der Waals surface area contributed by atoms with Crippen molar-refractivity contribution in [1.82, 2.24) is 0 Å². The fourth-order valence-electron chi connectivity index (χ4n) is 0.204. The highest BCUT2D eigenvalue weighted by Crippen LogP contribution is 1.88. The lowest BCUT2D eigenvalue weighted by molar-refractivity contribution is 1.48. The summed E-state index contributed by atoms with van der Waals surface area (Å²) >= 11 is 1.90. The van der Waals surface area contributed by atoms with Crippen molar-refractivity contribution in [3.8, 4) is 0 Å². The summed E-state index contributed by atoms with van der Waals surface area (Å²) in [7, 11) is 0. The molecule has 0 radical (unpaired) electrons. The summed E-state index contributed by atoms with van der Waals surface area (Å²) in [5.41, 5.74) is 0. The Balaban J connectivity index is 2.19. The third-order valence-electron chi connectivity index (χ3n) is 0.408. The summed E-state index contributed by atoms with van der Waals surface area (Å²) in [4.78, 5) is 0. The summed E-state index contributed by atoms with van der Waals surface area (Å²) in [6.45, 7) is 3.50. The molecule has 0 aromatic rings. The molecule has 2 heteroatoms. The molecule has 0 N–H and O–H groups in total. The lowest BCUT2D eigenvalue weighted by Gasteiger charge is -1.76. The lowest BCUT2D eigenvalue weighted by atomic mass is 10.1. The van der Waals surface area contributed by atoms with E-state index in [9.17, 15) is 0 Å². The van der Waals surface area contributed by atoms with Crippen molar-refractivity contribution in [3.05, 3.63) is 0 Å². The zero-order valence-corrected chi connectivity index (χ0v) is 4.64. The molecule has 0 aliphatic heterocycles. The number of hydrogen-bond donors (Lipinski definition) is 0. The van der Waals surface area contributed by atoms with Gasteiger partial charge in [0.1, 0.15) is 0 Å². The monoisotopic (exact) mass is 88.1 g/mol. The van der Waals surface area contributed by atoms with Crippen LogP contribution in [0.25, 0.3) is 0 Å². The van der Waals surface area contributed by atoms with Crippen molar-refractivity contribution in [2.24, 2.45) is 0 Å². The molecule has 0 amide bonds. The Morgan fingerprint density at radius 2 is 2.40 bits per heavy atom. The van der Waals surface area contributed by atoms with Gasteiger partial charge < -0.3 is 0 Å². The molecule has 30 valence electrons. The molecular weight excluding hydrogens is 78.9 g/mol. The van der Waals surface area contributed by atoms with Gasteiger partial charge in [-0.1, -0.05) is 13.2 Å². The van der Waals surface area contributed by atoms with E-state index in [4.69, 9.17) is 0 Å². The number of hydrogen-bond acceptors (Lipinski definition) is 1. The summed E-state index contributed by atoms with van der Waals surface area (Å²) in [6.07, 6.45) is 3.44. The molecule has 0 aliphatic rings. The molecule has 0 nitrogen and oxygen atoms in total. The Bertz CT molecular complexity index is 14.4. The van der Waals surface area contributed by atoms with Crippen molar-refractivity contribution in [2.45, 2.75) is 13.2 Å². The highest BCUT2D eigenvalue weighted by Gasteiger charge is 1.73. The van der Waals surface area contributed by atoms with Gasteiger partial charge in [-0.25, -0.2) is 11.6 Å². The Morgan fingerprint density at radius 1 is 1.80 bits per heavy atom. The van der Waals surface area contributed by atoms with Crippen molar-refractivity contribution >= 4 is 18.2 Å². The Kier molecular flexibility index (Phi) is 4.78. The van der Waals surface area contributed by atoms with E-state index in [-0.39, 0.29) is 0 Å². The van der Waals surface area contributed by atoms with Gasteiger partial charge in [-0.3, -0.25) is 0 Å². The van der Waals surface area contributed by atoms with Crippen LogP contribution >= 0.6 is 11.6 Å². The van der Waals surface area contributed by atoms with Gasteiger partial charge in [-0.2, -0.15) is 0 Å². The Labute approximate surface area is 38.5 Å². The van der Waals surface area contributed by atoms with Crippen LogP contribution in [0.3, 0.4) is 0 Å². The van der Waals surface area contributed by atoms with Gasteiger partial charge >= 0.3 is 0 Å². The van der Waals surface area contributed by atoms with Gasteiger partial charge in [-0.05, 0) is 6.26 Å². The van der Waals surface area contributed by atoms with Crippen LogP contribution in [0.4, 0.5) is 0 Å². The molecule has 0 spiro atoms. The van der Waals surface area contributed by atoms with Crippen LogP contribution in [0, 0.1) is 0 Å². The predicted octanol–water partition coefficient (Wildman–Crippen LogP) is 1.14. The smallest absolute Gasteiger partial charge is 0.191 e. The first-order chi connectivity index (χ1) is 2.41. The van der Waals surface area contributed by atoms with Crippen LogP contribution in [-0.2, 0) is 0 Å². The maximum Gasteiger partial charge on any atom is 0.191 e. The standard InChI is InChI=1S/C3H9BS/c1-3-4-5-2/h4H,3H2,1-2H3. The molecule has 0 atom stereocenters. The van der Waals surface area contributed by atoms with Crippen molar-refractivity contribution in [3.63, 3.8) is 0 Å². The van der Waals surface area contributed by atoms with Crippen LogP contribution in [0.15, 0.2) is 0 Å². The molecule has 0 aromatic heterocycles. The Morgan fingerprint density at radius 3 is 2.40 bits per heavy atom. The summed E-state index contributed by atoms with van der Waals surface area (Å²) < 4.78 is 0. The SMILES string of the molecule is CCBSC. The second-order valence-electron chi connectivity index (χ2n) is 0.993.